The van der Waals surface area contributed by atoms with Crippen molar-refractivity contribution in [3.05, 3.63) is 38.4 Å². The maximum atomic E-state index is 12.4. The SMILES string of the molecule is Cc1cc(Cl)cc(C(F)(F)F)c1[N+](=O)[O-]. The van der Waals surface area contributed by atoms with Crippen LogP contribution in [0.3, 0.4) is 0 Å². The molecule has 0 heterocycles. The first-order chi connectivity index (χ1) is 6.73. The number of aryl methyl sites for hydroxylation is 1. The number of benzene rings is 1. The summed E-state index contributed by atoms with van der Waals surface area (Å²) >= 11 is 5.41. The summed E-state index contributed by atoms with van der Waals surface area (Å²) in [4.78, 5) is 9.40. The van der Waals surface area contributed by atoms with Gasteiger partial charge in [0.1, 0.15) is 5.56 Å². The van der Waals surface area contributed by atoms with E-state index in [1.165, 1.54) is 6.92 Å². The molecule has 15 heavy (non-hydrogen) atoms. The van der Waals surface area contributed by atoms with Crippen LogP contribution >= 0.6 is 11.6 Å². The highest BCUT2D eigenvalue weighted by atomic mass is 35.5. The van der Waals surface area contributed by atoms with Gasteiger partial charge in [0.15, 0.2) is 0 Å². The molecule has 0 aliphatic rings. The van der Waals surface area contributed by atoms with Crippen LogP contribution in [0.15, 0.2) is 12.1 Å². The number of halogens is 4. The Kier molecular flexibility index (Phi) is 2.90. The molecule has 0 aliphatic heterocycles. The second-order valence-electron chi connectivity index (χ2n) is 2.87. The van der Waals surface area contributed by atoms with Gasteiger partial charge in [0.05, 0.1) is 4.92 Å². The number of nitro benzene ring substituents is 1. The molecule has 0 spiro atoms. The zero-order chi connectivity index (χ0) is 11.8. The third-order valence-electron chi connectivity index (χ3n) is 1.75. The van der Waals surface area contributed by atoms with Crippen molar-refractivity contribution >= 4 is 17.3 Å². The Bertz CT molecular complexity index is 417. The van der Waals surface area contributed by atoms with Gasteiger partial charge < -0.3 is 0 Å². The van der Waals surface area contributed by atoms with Gasteiger partial charge in [0, 0.05) is 10.6 Å². The summed E-state index contributed by atoms with van der Waals surface area (Å²) in [5, 5.41) is 10.3. The number of rotatable bonds is 1. The van der Waals surface area contributed by atoms with Crippen LogP contribution in [-0.2, 0) is 6.18 Å². The number of hydrogen-bond acceptors (Lipinski definition) is 2. The number of nitro groups is 1. The number of alkyl halides is 3. The molecular weight excluding hydrogens is 235 g/mol. The number of nitrogens with zero attached hydrogens (tertiary/aromatic N) is 1. The predicted octanol–water partition coefficient (Wildman–Crippen LogP) is 3.58. The van der Waals surface area contributed by atoms with Gasteiger partial charge in [0.25, 0.3) is 5.69 Å². The molecule has 0 fully saturated rings. The van der Waals surface area contributed by atoms with Crippen LogP contribution < -0.4 is 0 Å². The third kappa shape index (κ3) is 2.38. The largest absolute Gasteiger partial charge is 0.423 e. The van der Waals surface area contributed by atoms with E-state index < -0.39 is 22.4 Å². The van der Waals surface area contributed by atoms with Gasteiger partial charge in [-0.2, -0.15) is 13.2 Å². The summed E-state index contributed by atoms with van der Waals surface area (Å²) in [5.74, 6) is 0. The van der Waals surface area contributed by atoms with Crippen molar-refractivity contribution in [2.24, 2.45) is 0 Å². The lowest BCUT2D eigenvalue weighted by atomic mass is 10.1. The fraction of sp³-hybridized carbons (Fsp3) is 0.250. The minimum atomic E-state index is -4.78. The molecule has 0 aliphatic carbocycles. The Morgan fingerprint density at radius 3 is 2.33 bits per heavy atom. The molecule has 82 valence electrons. The lowest BCUT2D eigenvalue weighted by Gasteiger charge is -2.09. The molecule has 0 N–H and O–H groups in total. The van der Waals surface area contributed by atoms with E-state index in [0.717, 1.165) is 6.07 Å². The summed E-state index contributed by atoms with van der Waals surface area (Å²) < 4.78 is 37.2. The minimum absolute atomic E-state index is 0.111. The van der Waals surface area contributed by atoms with Gasteiger partial charge in [-0.25, -0.2) is 0 Å². The van der Waals surface area contributed by atoms with Crippen molar-refractivity contribution in [3.63, 3.8) is 0 Å². The first-order valence-corrected chi connectivity index (χ1v) is 4.13. The van der Waals surface area contributed by atoms with E-state index in [1.807, 2.05) is 0 Å². The topological polar surface area (TPSA) is 43.1 Å². The lowest BCUT2D eigenvalue weighted by molar-refractivity contribution is -0.388. The third-order valence-corrected chi connectivity index (χ3v) is 1.97. The lowest BCUT2D eigenvalue weighted by Crippen LogP contribution is -2.10. The molecule has 7 heteroatoms. The molecular formula is C8H5ClF3NO2. The Hall–Kier alpha value is -1.30. The molecule has 0 amide bonds. The molecule has 0 aromatic heterocycles. The Balaban J connectivity index is 3.54. The molecule has 1 aromatic rings. The number of hydrogen-bond donors (Lipinski definition) is 0. The molecule has 0 unspecified atom stereocenters. The predicted molar refractivity (Wildman–Crippen MR) is 47.8 cm³/mol. The molecule has 1 rings (SSSR count). The summed E-state index contributed by atoms with van der Waals surface area (Å²) in [6.45, 7) is 1.21. The second kappa shape index (κ2) is 3.69. The van der Waals surface area contributed by atoms with Crippen LogP contribution in [0.5, 0.6) is 0 Å². The standard InChI is InChI=1S/C8H5ClF3NO2/c1-4-2-5(9)3-6(8(10,11)12)7(4)13(14)15/h2-3H,1H3. The van der Waals surface area contributed by atoms with Crippen LogP contribution in [0.25, 0.3) is 0 Å². The van der Waals surface area contributed by atoms with Crippen molar-refractivity contribution in [2.45, 2.75) is 13.1 Å². The van der Waals surface area contributed by atoms with Crippen LogP contribution in [0.4, 0.5) is 18.9 Å². The van der Waals surface area contributed by atoms with Crippen LogP contribution in [0, 0.1) is 17.0 Å². The fourth-order valence-electron chi connectivity index (χ4n) is 1.19. The molecule has 0 bridgehead atoms. The fourth-order valence-corrected chi connectivity index (χ4v) is 1.47. The Morgan fingerprint density at radius 2 is 1.93 bits per heavy atom. The van der Waals surface area contributed by atoms with Gasteiger partial charge in [-0.05, 0) is 19.1 Å². The zero-order valence-corrected chi connectivity index (χ0v) is 8.19. The van der Waals surface area contributed by atoms with Crippen molar-refractivity contribution in [2.75, 3.05) is 0 Å². The molecule has 0 saturated carbocycles. The highest BCUT2D eigenvalue weighted by molar-refractivity contribution is 6.30. The zero-order valence-electron chi connectivity index (χ0n) is 7.43. The Labute approximate surface area is 87.6 Å². The molecule has 1 aromatic carbocycles. The van der Waals surface area contributed by atoms with Crippen molar-refractivity contribution in [1.82, 2.24) is 0 Å². The summed E-state index contributed by atoms with van der Waals surface area (Å²) in [7, 11) is 0. The van der Waals surface area contributed by atoms with E-state index in [1.54, 1.807) is 0 Å². The van der Waals surface area contributed by atoms with Gasteiger partial charge in [-0.1, -0.05) is 11.6 Å². The average Bonchev–Trinajstić information content (AvgIpc) is 1.99. The van der Waals surface area contributed by atoms with E-state index in [4.69, 9.17) is 11.6 Å². The maximum absolute atomic E-state index is 12.4. The van der Waals surface area contributed by atoms with E-state index in [9.17, 15) is 23.3 Å². The first kappa shape index (κ1) is 11.8. The van der Waals surface area contributed by atoms with Crippen LogP contribution in [0.1, 0.15) is 11.1 Å². The van der Waals surface area contributed by atoms with Crippen LogP contribution in [-0.4, -0.2) is 4.92 Å². The van der Waals surface area contributed by atoms with Crippen molar-refractivity contribution < 1.29 is 18.1 Å². The monoisotopic (exact) mass is 239 g/mol. The highest BCUT2D eigenvalue weighted by Gasteiger charge is 2.39. The van der Waals surface area contributed by atoms with Gasteiger partial charge in [-0.3, -0.25) is 10.1 Å². The van der Waals surface area contributed by atoms with E-state index in [2.05, 4.69) is 0 Å². The normalized spacial score (nSPS) is 11.5. The van der Waals surface area contributed by atoms with Crippen molar-refractivity contribution in [3.8, 4) is 0 Å². The van der Waals surface area contributed by atoms with Gasteiger partial charge >= 0.3 is 6.18 Å². The average molecular weight is 240 g/mol. The Morgan fingerprint density at radius 1 is 1.40 bits per heavy atom. The van der Waals surface area contributed by atoms with Crippen LogP contribution in [0.2, 0.25) is 5.02 Å². The van der Waals surface area contributed by atoms with Gasteiger partial charge in [-0.15, -0.1) is 0 Å². The molecule has 0 saturated heterocycles. The minimum Gasteiger partial charge on any atom is -0.258 e. The van der Waals surface area contributed by atoms with E-state index in [0.29, 0.717) is 6.07 Å². The maximum Gasteiger partial charge on any atom is 0.423 e. The first-order valence-electron chi connectivity index (χ1n) is 3.75. The summed E-state index contributed by atoms with van der Waals surface area (Å²) in [5.41, 5.74) is -2.38. The smallest absolute Gasteiger partial charge is 0.258 e. The van der Waals surface area contributed by atoms with E-state index >= 15 is 0 Å². The highest BCUT2D eigenvalue weighted by Crippen LogP contribution is 2.39. The van der Waals surface area contributed by atoms with Crippen molar-refractivity contribution in [1.29, 1.82) is 0 Å². The van der Waals surface area contributed by atoms with E-state index in [-0.39, 0.29) is 10.6 Å². The second-order valence-corrected chi connectivity index (χ2v) is 3.31. The summed E-state index contributed by atoms with van der Waals surface area (Å²) in [6.07, 6.45) is -4.78. The molecule has 0 radical (unpaired) electrons. The molecule has 0 atom stereocenters. The van der Waals surface area contributed by atoms with Gasteiger partial charge in [0.2, 0.25) is 0 Å². The summed E-state index contributed by atoms with van der Waals surface area (Å²) in [6, 6.07) is 1.67. The molecule has 3 nitrogen and oxygen atoms in total. The quantitative estimate of drug-likeness (QED) is 0.555.